The van der Waals surface area contributed by atoms with Crippen LogP contribution in [0.5, 0.6) is 0 Å². The molecule has 0 bridgehead atoms. The van der Waals surface area contributed by atoms with Gasteiger partial charge in [-0.3, -0.25) is 4.79 Å². The Morgan fingerprint density at radius 2 is 1.84 bits per heavy atom. The van der Waals surface area contributed by atoms with E-state index in [-0.39, 0.29) is 11.2 Å². The van der Waals surface area contributed by atoms with Gasteiger partial charge in [0.1, 0.15) is 0 Å². The minimum Gasteiger partial charge on any atom is -0.354 e. The van der Waals surface area contributed by atoms with Crippen molar-refractivity contribution in [2.45, 2.75) is 29.2 Å². The fourth-order valence-corrected chi connectivity index (χ4v) is 4.41. The molecule has 2 aromatic rings. The van der Waals surface area contributed by atoms with Crippen LogP contribution in [-0.2, 0) is 10.5 Å². The van der Waals surface area contributed by atoms with Crippen LogP contribution in [0, 0.1) is 0 Å². The molecule has 0 unspecified atom stereocenters. The summed E-state index contributed by atoms with van der Waals surface area (Å²) in [6, 6.07) is 15.4. The van der Waals surface area contributed by atoms with Gasteiger partial charge in [-0.25, -0.2) is 0 Å². The number of hydrogen-bond donors (Lipinski definition) is 1. The molecule has 25 heavy (non-hydrogen) atoms. The summed E-state index contributed by atoms with van der Waals surface area (Å²) in [4.78, 5) is 13.4. The summed E-state index contributed by atoms with van der Waals surface area (Å²) in [6.07, 6.45) is 0.784. The fraction of sp³-hybridized carbons (Fsp3) is 0.316. The van der Waals surface area contributed by atoms with Gasteiger partial charge >= 0.3 is 0 Å². The number of benzene rings is 2. The summed E-state index contributed by atoms with van der Waals surface area (Å²) in [5.74, 6) is 1.80. The van der Waals surface area contributed by atoms with Crippen LogP contribution in [0.25, 0.3) is 0 Å². The summed E-state index contributed by atoms with van der Waals surface area (Å²) in [7, 11) is 0. The maximum absolute atomic E-state index is 12.3. The Bertz CT molecular complexity index is 679. The molecule has 1 amide bonds. The van der Waals surface area contributed by atoms with Crippen molar-refractivity contribution in [2.75, 3.05) is 12.3 Å². The molecule has 0 aliphatic carbocycles. The first-order valence-corrected chi connectivity index (χ1v) is 10.9. The Morgan fingerprint density at radius 3 is 2.52 bits per heavy atom. The number of carbonyl (C=O) groups is 1. The second-order valence-electron chi connectivity index (χ2n) is 5.40. The van der Waals surface area contributed by atoms with Crippen LogP contribution >= 0.6 is 46.7 Å². The summed E-state index contributed by atoms with van der Waals surface area (Å²) in [6.45, 7) is 2.69. The lowest BCUT2D eigenvalue weighted by Crippen LogP contribution is -2.33. The van der Waals surface area contributed by atoms with E-state index < -0.39 is 0 Å². The largest absolute Gasteiger partial charge is 0.354 e. The molecular formula is C19H21Cl2NOS2. The summed E-state index contributed by atoms with van der Waals surface area (Å²) < 4.78 is 0. The maximum Gasteiger partial charge on any atom is 0.233 e. The van der Waals surface area contributed by atoms with Crippen LogP contribution in [-0.4, -0.2) is 23.5 Å². The highest BCUT2D eigenvalue weighted by Crippen LogP contribution is 2.27. The summed E-state index contributed by atoms with van der Waals surface area (Å²) >= 11 is 15.4. The van der Waals surface area contributed by atoms with Crippen molar-refractivity contribution < 1.29 is 4.79 Å². The molecule has 0 fully saturated rings. The van der Waals surface area contributed by atoms with E-state index in [0.717, 1.165) is 33.4 Å². The molecule has 1 atom stereocenters. The molecular weight excluding hydrogens is 393 g/mol. The van der Waals surface area contributed by atoms with Gasteiger partial charge in [0, 0.05) is 33.0 Å². The monoisotopic (exact) mass is 413 g/mol. The van der Waals surface area contributed by atoms with E-state index in [2.05, 4.69) is 5.32 Å². The molecule has 1 N–H and O–H groups in total. The van der Waals surface area contributed by atoms with Crippen molar-refractivity contribution in [3.8, 4) is 0 Å². The van der Waals surface area contributed by atoms with E-state index in [4.69, 9.17) is 23.2 Å². The molecule has 0 radical (unpaired) electrons. The first-order valence-electron chi connectivity index (χ1n) is 8.11. The molecule has 6 heteroatoms. The van der Waals surface area contributed by atoms with Gasteiger partial charge in [0.25, 0.3) is 0 Å². The fourth-order valence-electron chi connectivity index (χ4n) is 2.16. The highest BCUT2D eigenvalue weighted by molar-refractivity contribution is 8.00. The number of amides is 1. The molecule has 0 aliphatic rings. The second-order valence-corrected chi connectivity index (χ2v) is 8.63. The van der Waals surface area contributed by atoms with Gasteiger partial charge in [-0.2, -0.15) is 11.8 Å². The van der Waals surface area contributed by atoms with Crippen molar-refractivity contribution in [3.05, 3.63) is 64.1 Å². The number of thioether (sulfide) groups is 2. The third-order valence-electron chi connectivity index (χ3n) is 3.52. The van der Waals surface area contributed by atoms with E-state index in [1.54, 1.807) is 23.5 Å². The van der Waals surface area contributed by atoms with Gasteiger partial charge in [-0.15, -0.1) is 11.8 Å². The predicted octanol–water partition coefficient (Wildman–Crippen LogP) is 5.91. The zero-order valence-corrected chi connectivity index (χ0v) is 17.2. The number of rotatable bonds is 9. The second kappa shape index (κ2) is 11.0. The Morgan fingerprint density at radius 1 is 1.12 bits per heavy atom. The Labute approximate surface area is 168 Å². The lowest BCUT2D eigenvalue weighted by atomic mass is 10.2. The van der Waals surface area contributed by atoms with Crippen molar-refractivity contribution >= 4 is 52.6 Å². The van der Waals surface area contributed by atoms with Gasteiger partial charge in [-0.1, -0.05) is 48.3 Å². The van der Waals surface area contributed by atoms with Gasteiger partial charge in [-0.05, 0) is 42.3 Å². The molecule has 0 spiro atoms. The van der Waals surface area contributed by atoms with E-state index in [0.29, 0.717) is 11.6 Å². The Kier molecular flexibility index (Phi) is 9.04. The summed E-state index contributed by atoms with van der Waals surface area (Å²) in [5.41, 5.74) is 1.13. The van der Waals surface area contributed by atoms with Crippen LogP contribution in [0.3, 0.4) is 0 Å². The van der Waals surface area contributed by atoms with E-state index in [9.17, 15) is 4.79 Å². The average molecular weight is 414 g/mol. The van der Waals surface area contributed by atoms with Crippen LogP contribution in [0.4, 0.5) is 0 Å². The van der Waals surface area contributed by atoms with Crippen LogP contribution in [0.2, 0.25) is 10.0 Å². The maximum atomic E-state index is 12.3. The number of carbonyl (C=O) groups excluding carboxylic acids is 1. The van der Waals surface area contributed by atoms with Crippen LogP contribution < -0.4 is 5.32 Å². The van der Waals surface area contributed by atoms with Crippen LogP contribution in [0.1, 0.15) is 18.9 Å². The van der Waals surface area contributed by atoms with Crippen molar-refractivity contribution in [1.29, 1.82) is 0 Å². The SMILES string of the molecule is CC[C@H](Sc1ccc(Cl)cc1)C(=O)NCCSCc1ccccc1Cl. The normalized spacial score (nSPS) is 12.0. The molecule has 0 aliphatic heterocycles. The average Bonchev–Trinajstić information content (AvgIpc) is 2.62. The molecule has 2 rings (SSSR count). The highest BCUT2D eigenvalue weighted by atomic mass is 35.5. The topological polar surface area (TPSA) is 29.1 Å². The lowest BCUT2D eigenvalue weighted by molar-refractivity contribution is -0.120. The third kappa shape index (κ3) is 7.14. The summed E-state index contributed by atoms with van der Waals surface area (Å²) in [5, 5.41) is 4.44. The van der Waals surface area contributed by atoms with Crippen molar-refractivity contribution in [1.82, 2.24) is 5.32 Å². The van der Waals surface area contributed by atoms with Gasteiger partial charge in [0.2, 0.25) is 5.91 Å². The molecule has 134 valence electrons. The standard InChI is InChI=1S/C19H21Cl2NOS2/c1-2-18(25-16-9-7-15(20)8-10-16)19(23)22-11-12-24-13-14-5-3-4-6-17(14)21/h3-10,18H,2,11-13H2,1H3,(H,22,23)/t18-/m0/s1. The van der Waals surface area contributed by atoms with Gasteiger partial charge < -0.3 is 5.32 Å². The number of halogens is 2. The molecule has 0 saturated heterocycles. The zero-order chi connectivity index (χ0) is 18.1. The Hall–Kier alpha value is -0.810. The number of hydrogen-bond acceptors (Lipinski definition) is 3. The van der Waals surface area contributed by atoms with E-state index >= 15 is 0 Å². The zero-order valence-electron chi connectivity index (χ0n) is 14.0. The van der Waals surface area contributed by atoms with E-state index in [1.807, 2.05) is 55.5 Å². The minimum absolute atomic E-state index is 0.0841. The van der Waals surface area contributed by atoms with Gasteiger partial charge in [0.15, 0.2) is 0 Å². The van der Waals surface area contributed by atoms with Crippen molar-refractivity contribution in [3.63, 3.8) is 0 Å². The Balaban J connectivity index is 1.71. The third-order valence-corrected chi connectivity index (χ3v) is 6.52. The predicted molar refractivity (Wildman–Crippen MR) is 112 cm³/mol. The molecule has 2 aromatic carbocycles. The molecule has 0 heterocycles. The quantitative estimate of drug-likeness (QED) is 0.408. The first kappa shape index (κ1) is 20.5. The first-order chi connectivity index (χ1) is 12.1. The minimum atomic E-state index is -0.0882. The molecule has 0 aromatic heterocycles. The van der Waals surface area contributed by atoms with E-state index in [1.165, 1.54) is 0 Å². The lowest BCUT2D eigenvalue weighted by Gasteiger charge is -2.14. The smallest absolute Gasteiger partial charge is 0.233 e. The number of nitrogens with one attached hydrogen (secondary N) is 1. The van der Waals surface area contributed by atoms with Crippen LogP contribution in [0.15, 0.2) is 53.4 Å². The van der Waals surface area contributed by atoms with Gasteiger partial charge in [0.05, 0.1) is 5.25 Å². The molecule has 0 saturated carbocycles. The highest BCUT2D eigenvalue weighted by Gasteiger charge is 2.17. The molecule has 2 nitrogen and oxygen atoms in total. The van der Waals surface area contributed by atoms with Crippen molar-refractivity contribution in [2.24, 2.45) is 0 Å².